The first-order chi connectivity index (χ1) is 8.31. The van der Waals surface area contributed by atoms with Crippen LogP contribution in [0.5, 0.6) is 0 Å². The highest BCUT2D eigenvalue weighted by Gasteiger charge is 2.11. The Balaban J connectivity index is 3.23. The summed E-state index contributed by atoms with van der Waals surface area (Å²) in [5.74, 6) is 0.134. The Morgan fingerprint density at radius 3 is 1.72 bits per heavy atom. The van der Waals surface area contributed by atoms with Crippen LogP contribution < -0.4 is 5.46 Å². The van der Waals surface area contributed by atoms with Crippen molar-refractivity contribution in [2.45, 2.75) is 20.0 Å². The van der Waals surface area contributed by atoms with E-state index in [4.69, 9.17) is 0 Å². The minimum Gasteiger partial charge on any atom is -0.305 e. The average Bonchev–Trinajstić information content (AvgIpc) is 2.22. The van der Waals surface area contributed by atoms with Crippen molar-refractivity contribution in [2.75, 3.05) is 28.2 Å². The normalized spacial score (nSPS) is 11.3. The second kappa shape index (κ2) is 6.16. The number of hydrogen-bond donors (Lipinski definition) is 0. The Kier molecular flexibility index (Phi) is 5.11. The summed E-state index contributed by atoms with van der Waals surface area (Å²) in [6.45, 7) is 3.37. The summed E-state index contributed by atoms with van der Waals surface area (Å²) in [5.41, 5.74) is 4.59. The second-order valence-corrected chi connectivity index (χ2v) is 5.45. The van der Waals surface area contributed by atoms with Crippen LogP contribution in [0, 0.1) is 0 Å². The van der Waals surface area contributed by atoms with Crippen LogP contribution in [-0.2, 0) is 13.1 Å². The van der Waals surface area contributed by atoms with Crippen LogP contribution >= 0.6 is 0 Å². The minimum atomic E-state index is 0.134. The Labute approximate surface area is 111 Å². The fraction of sp³-hybridized carbons (Fsp3) is 0.500. The highest BCUT2D eigenvalue weighted by atomic mass is 16.1. The first-order valence-corrected chi connectivity index (χ1v) is 6.24. The van der Waals surface area contributed by atoms with E-state index in [9.17, 15) is 4.79 Å². The lowest BCUT2D eigenvalue weighted by atomic mass is 9.83. The average molecular weight is 246 g/mol. The molecule has 1 rings (SSSR count). The van der Waals surface area contributed by atoms with Gasteiger partial charge in [-0.3, -0.25) is 4.79 Å². The summed E-state index contributed by atoms with van der Waals surface area (Å²) in [5, 5.41) is 0. The molecule has 0 aliphatic heterocycles. The summed E-state index contributed by atoms with van der Waals surface area (Å²) in [6.07, 6.45) is 0. The van der Waals surface area contributed by atoms with Gasteiger partial charge in [0.2, 0.25) is 0 Å². The van der Waals surface area contributed by atoms with Gasteiger partial charge in [-0.05, 0) is 58.4 Å². The fourth-order valence-electron chi connectivity index (χ4n) is 2.05. The zero-order valence-electron chi connectivity index (χ0n) is 12.4. The molecular formula is C14H23BN2O. The summed E-state index contributed by atoms with van der Waals surface area (Å²) in [7, 11) is 10.3. The van der Waals surface area contributed by atoms with E-state index in [2.05, 4.69) is 17.6 Å². The summed E-state index contributed by atoms with van der Waals surface area (Å²) >= 11 is 0. The van der Waals surface area contributed by atoms with Gasteiger partial charge in [0.1, 0.15) is 7.85 Å². The van der Waals surface area contributed by atoms with E-state index in [0.29, 0.717) is 0 Å². The number of carbonyl (C=O) groups is 1. The van der Waals surface area contributed by atoms with Gasteiger partial charge in [-0.25, -0.2) is 0 Å². The largest absolute Gasteiger partial charge is 0.305 e. The SMILES string of the molecule is Bc1c(CN(C)C)cc(C(C)=O)cc1CN(C)C. The molecule has 0 aliphatic carbocycles. The van der Waals surface area contributed by atoms with Crippen molar-refractivity contribution in [2.24, 2.45) is 0 Å². The first-order valence-electron chi connectivity index (χ1n) is 6.24. The molecule has 4 heteroatoms. The van der Waals surface area contributed by atoms with Crippen molar-refractivity contribution < 1.29 is 4.79 Å². The van der Waals surface area contributed by atoms with Crippen molar-refractivity contribution in [3.05, 3.63) is 28.8 Å². The number of hydrogen-bond acceptors (Lipinski definition) is 3. The Bertz CT molecular complexity index is 410. The minimum absolute atomic E-state index is 0.134. The number of ketones is 1. The Morgan fingerprint density at radius 1 is 1.06 bits per heavy atom. The molecule has 0 saturated carbocycles. The summed E-state index contributed by atoms with van der Waals surface area (Å²) in [4.78, 5) is 15.9. The predicted molar refractivity (Wildman–Crippen MR) is 79.4 cm³/mol. The third-order valence-corrected chi connectivity index (χ3v) is 3.00. The van der Waals surface area contributed by atoms with Crippen molar-refractivity contribution >= 4 is 19.1 Å². The Hall–Kier alpha value is -1.13. The molecule has 98 valence electrons. The van der Waals surface area contributed by atoms with Crippen molar-refractivity contribution in [3.8, 4) is 0 Å². The number of Topliss-reactive ketones (excluding diaryl/α,β-unsaturated/α-hetero) is 1. The molecule has 1 aromatic rings. The number of nitrogens with zero attached hydrogens (tertiary/aromatic N) is 2. The van der Waals surface area contributed by atoms with E-state index in [-0.39, 0.29) is 5.78 Å². The van der Waals surface area contributed by atoms with E-state index in [0.717, 1.165) is 18.7 Å². The van der Waals surface area contributed by atoms with E-state index < -0.39 is 0 Å². The van der Waals surface area contributed by atoms with Gasteiger partial charge in [-0.15, -0.1) is 0 Å². The third kappa shape index (κ3) is 3.96. The molecule has 0 aromatic heterocycles. The van der Waals surface area contributed by atoms with Gasteiger partial charge in [-0.2, -0.15) is 0 Å². The van der Waals surface area contributed by atoms with Gasteiger partial charge in [0.25, 0.3) is 0 Å². The lowest BCUT2D eigenvalue weighted by Crippen LogP contribution is -2.26. The zero-order valence-corrected chi connectivity index (χ0v) is 12.4. The van der Waals surface area contributed by atoms with Crippen LogP contribution in [0.25, 0.3) is 0 Å². The highest BCUT2D eigenvalue weighted by molar-refractivity contribution is 6.34. The van der Waals surface area contributed by atoms with E-state index >= 15 is 0 Å². The van der Waals surface area contributed by atoms with Crippen LogP contribution in [-0.4, -0.2) is 51.6 Å². The Morgan fingerprint density at radius 2 is 1.44 bits per heavy atom. The molecule has 0 aliphatic rings. The summed E-state index contributed by atoms with van der Waals surface area (Å²) < 4.78 is 0. The number of rotatable bonds is 5. The van der Waals surface area contributed by atoms with Crippen LogP contribution in [0.4, 0.5) is 0 Å². The number of benzene rings is 1. The lowest BCUT2D eigenvalue weighted by molar-refractivity contribution is 0.101. The molecule has 0 radical (unpaired) electrons. The molecular weight excluding hydrogens is 223 g/mol. The predicted octanol–water partition coefficient (Wildman–Crippen LogP) is 0.271. The van der Waals surface area contributed by atoms with Gasteiger partial charge in [-0.1, -0.05) is 5.46 Å². The maximum absolute atomic E-state index is 11.6. The van der Waals surface area contributed by atoms with Crippen LogP contribution in [0.1, 0.15) is 28.4 Å². The van der Waals surface area contributed by atoms with Crippen LogP contribution in [0.15, 0.2) is 12.1 Å². The van der Waals surface area contributed by atoms with Gasteiger partial charge in [0, 0.05) is 18.7 Å². The molecule has 1 aromatic carbocycles. The monoisotopic (exact) mass is 246 g/mol. The topological polar surface area (TPSA) is 23.6 Å². The molecule has 0 bridgehead atoms. The fourth-order valence-corrected chi connectivity index (χ4v) is 2.05. The molecule has 3 nitrogen and oxygen atoms in total. The molecule has 0 saturated heterocycles. The molecule has 0 spiro atoms. The van der Waals surface area contributed by atoms with Gasteiger partial charge < -0.3 is 9.80 Å². The maximum Gasteiger partial charge on any atom is 0.159 e. The smallest absolute Gasteiger partial charge is 0.159 e. The van der Waals surface area contributed by atoms with Crippen molar-refractivity contribution in [3.63, 3.8) is 0 Å². The van der Waals surface area contributed by atoms with Crippen molar-refractivity contribution in [1.82, 2.24) is 9.80 Å². The van der Waals surface area contributed by atoms with E-state index in [1.807, 2.05) is 40.3 Å². The highest BCUT2D eigenvalue weighted by Crippen LogP contribution is 2.11. The molecule has 0 heterocycles. The second-order valence-electron chi connectivity index (χ2n) is 5.45. The van der Waals surface area contributed by atoms with E-state index in [1.54, 1.807) is 6.92 Å². The molecule has 0 atom stereocenters. The molecule has 0 fully saturated rings. The first kappa shape index (κ1) is 14.9. The quantitative estimate of drug-likeness (QED) is 0.550. The van der Waals surface area contributed by atoms with Gasteiger partial charge in [0.15, 0.2) is 5.78 Å². The van der Waals surface area contributed by atoms with Crippen molar-refractivity contribution in [1.29, 1.82) is 0 Å². The van der Waals surface area contributed by atoms with E-state index in [1.165, 1.54) is 16.6 Å². The van der Waals surface area contributed by atoms with Gasteiger partial charge in [0.05, 0.1) is 0 Å². The lowest BCUT2D eigenvalue weighted by Gasteiger charge is -2.19. The molecule has 18 heavy (non-hydrogen) atoms. The number of carbonyl (C=O) groups excluding carboxylic acids is 1. The molecule has 0 amide bonds. The van der Waals surface area contributed by atoms with Crippen LogP contribution in [0.2, 0.25) is 0 Å². The van der Waals surface area contributed by atoms with Gasteiger partial charge >= 0.3 is 0 Å². The third-order valence-electron chi connectivity index (χ3n) is 3.00. The van der Waals surface area contributed by atoms with Crippen LogP contribution in [0.3, 0.4) is 0 Å². The molecule has 0 unspecified atom stereocenters. The standard InChI is InChI=1S/C14H23BN2O/c1-10(18)11-6-12(8-16(2)3)14(15)13(7-11)9-17(4)5/h6-7H,8-9,15H2,1-5H3. The maximum atomic E-state index is 11.6. The summed E-state index contributed by atoms with van der Waals surface area (Å²) in [6, 6.07) is 4.05. The molecule has 0 N–H and O–H groups in total. The zero-order chi connectivity index (χ0) is 13.9.